The minimum absolute atomic E-state index is 0.210. The van der Waals surface area contributed by atoms with Crippen LogP contribution in [0.3, 0.4) is 0 Å². The van der Waals surface area contributed by atoms with E-state index in [9.17, 15) is 0 Å². The average Bonchev–Trinajstić information content (AvgIpc) is 2.44. The Hall–Kier alpha value is -1.07. The number of nitrogens with two attached hydrogens (primary N) is 1. The topological polar surface area (TPSA) is 47.3 Å². The second kappa shape index (κ2) is 6.59. The summed E-state index contributed by atoms with van der Waals surface area (Å²) in [4.78, 5) is 0. The Morgan fingerprint density at radius 1 is 1.20 bits per heavy atom. The minimum Gasteiger partial charge on any atom is -0.496 e. The van der Waals surface area contributed by atoms with E-state index in [1.807, 2.05) is 31.2 Å². The third kappa shape index (κ3) is 3.15. The van der Waals surface area contributed by atoms with Gasteiger partial charge in [-0.2, -0.15) is 0 Å². The molecule has 0 aliphatic rings. The first-order valence-corrected chi connectivity index (χ1v) is 7.29. The van der Waals surface area contributed by atoms with Crippen LogP contribution in [0.25, 0.3) is 0 Å². The van der Waals surface area contributed by atoms with E-state index in [1.165, 1.54) is 0 Å². The number of aryl methyl sites for hydroxylation is 1. The van der Waals surface area contributed by atoms with Crippen molar-refractivity contribution in [3.05, 3.63) is 62.6 Å². The van der Waals surface area contributed by atoms with E-state index in [4.69, 9.17) is 22.2 Å². The van der Waals surface area contributed by atoms with Crippen molar-refractivity contribution in [3.63, 3.8) is 0 Å². The van der Waals surface area contributed by atoms with Crippen LogP contribution in [0.5, 0.6) is 5.75 Å². The van der Waals surface area contributed by atoms with Gasteiger partial charge in [-0.05, 0) is 36.8 Å². The van der Waals surface area contributed by atoms with Crippen molar-refractivity contribution in [3.8, 4) is 5.75 Å². The van der Waals surface area contributed by atoms with Crippen molar-refractivity contribution in [2.45, 2.75) is 13.0 Å². The van der Waals surface area contributed by atoms with Crippen LogP contribution >= 0.6 is 27.5 Å². The Balaban J connectivity index is 2.57. The van der Waals surface area contributed by atoms with E-state index in [0.29, 0.717) is 5.02 Å². The molecule has 0 spiro atoms. The van der Waals surface area contributed by atoms with Crippen LogP contribution < -0.4 is 16.0 Å². The summed E-state index contributed by atoms with van der Waals surface area (Å²) in [6.45, 7) is 2.04. The van der Waals surface area contributed by atoms with Gasteiger partial charge in [-0.25, -0.2) is 5.43 Å². The fourth-order valence-electron chi connectivity index (χ4n) is 2.16. The molecule has 3 N–H and O–H groups in total. The third-order valence-corrected chi connectivity index (χ3v) is 4.09. The maximum atomic E-state index is 6.10. The zero-order valence-electron chi connectivity index (χ0n) is 11.3. The van der Waals surface area contributed by atoms with Crippen LogP contribution in [0.1, 0.15) is 22.7 Å². The lowest BCUT2D eigenvalue weighted by atomic mass is 9.97. The zero-order valence-corrected chi connectivity index (χ0v) is 13.6. The highest BCUT2D eigenvalue weighted by Gasteiger charge is 2.20. The van der Waals surface area contributed by atoms with Crippen molar-refractivity contribution in [2.75, 3.05) is 7.11 Å². The molecule has 20 heavy (non-hydrogen) atoms. The molecule has 0 aromatic heterocycles. The molecule has 0 radical (unpaired) electrons. The Kier molecular flexibility index (Phi) is 5.05. The molecule has 1 unspecified atom stereocenters. The summed E-state index contributed by atoms with van der Waals surface area (Å²) in [7, 11) is 1.63. The van der Waals surface area contributed by atoms with Gasteiger partial charge < -0.3 is 4.74 Å². The molecular formula is C15H16BrClN2O. The first-order valence-electron chi connectivity index (χ1n) is 6.12. The number of halogens is 2. The van der Waals surface area contributed by atoms with Crippen molar-refractivity contribution in [1.82, 2.24) is 5.43 Å². The van der Waals surface area contributed by atoms with Gasteiger partial charge in [-0.15, -0.1) is 0 Å². The number of methoxy groups -OCH3 is 1. The highest BCUT2D eigenvalue weighted by Crippen LogP contribution is 2.35. The van der Waals surface area contributed by atoms with Crippen LogP contribution in [0.2, 0.25) is 5.02 Å². The van der Waals surface area contributed by atoms with Crippen molar-refractivity contribution in [2.24, 2.45) is 5.84 Å². The Bertz CT molecular complexity index is 619. The van der Waals surface area contributed by atoms with Crippen molar-refractivity contribution >= 4 is 27.5 Å². The molecule has 0 bridgehead atoms. The summed E-state index contributed by atoms with van der Waals surface area (Å²) < 4.78 is 6.38. The first kappa shape index (κ1) is 15.3. The molecule has 5 heteroatoms. The van der Waals surface area contributed by atoms with Crippen molar-refractivity contribution < 1.29 is 4.74 Å². The van der Waals surface area contributed by atoms with E-state index >= 15 is 0 Å². The van der Waals surface area contributed by atoms with Gasteiger partial charge in [0.25, 0.3) is 0 Å². The molecule has 0 aliphatic carbocycles. The van der Waals surface area contributed by atoms with E-state index in [1.54, 1.807) is 13.2 Å². The number of hydrogen-bond acceptors (Lipinski definition) is 3. The molecule has 2 rings (SSSR count). The molecule has 0 heterocycles. The van der Waals surface area contributed by atoms with E-state index in [2.05, 4.69) is 27.4 Å². The summed E-state index contributed by atoms with van der Waals surface area (Å²) in [5.41, 5.74) is 5.93. The van der Waals surface area contributed by atoms with Gasteiger partial charge >= 0.3 is 0 Å². The van der Waals surface area contributed by atoms with E-state index in [-0.39, 0.29) is 6.04 Å². The molecule has 106 valence electrons. The fraction of sp³-hybridized carbons (Fsp3) is 0.200. The lowest BCUT2D eigenvalue weighted by molar-refractivity contribution is 0.404. The van der Waals surface area contributed by atoms with Crippen LogP contribution in [0, 0.1) is 6.92 Å². The fourth-order valence-corrected chi connectivity index (χ4v) is 2.82. The predicted octanol–water partition coefficient (Wildman–Crippen LogP) is 3.97. The lowest BCUT2D eigenvalue weighted by Crippen LogP contribution is -2.29. The van der Waals surface area contributed by atoms with Crippen LogP contribution in [-0.2, 0) is 0 Å². The molecule has 0 saturated carbocycles. The van der Waals surface area contributed by atoms with Gasteiger partial charge in [0.2, 0.25) is 0 Å². The third-order valence-electron chi connectivity index (χ3n) is 3.13. The highest BCUT2D eigenvalue weighted by molar-refractivity contribution is 9.10. The normalized spacial score (nSPS) is 12.2. The summed E-state index contributed by atoms with van der Waals surface area (Å²) in [5, 5.41) is 0.643. The molecular weight excluding hydrogens is 340 g/mol. The molecule has 0 aliphatic heterocycles. The Labute approximate surface area is 132 Å². The van der Waals surface area contributed by atoms with Crippen LogP contribution in [0.4, 0.5) is 0 Å². The summed E-state index contributed by atoms with van der Waals surface area (Å²) in [5.74, 6) is 6.50. The predicted molar refractivity (Wildman–Crippen MR) is 86.0 cm³/mol. The standard InChI is InChI=1S/C15H16BrClN2O/c1-9-3-5-13(16)11(7-9)15(19-18)12-8-10(17)4-6-14(12)20-2/h3-8,15,19H,18H2,1-2H3. The number of rotatable bonds is 4. The molecule has 0 saturated heterocycles. The zero-order chi connectivity index (χ0) is 14.7. The number of ether oxygens (including phenoxy) is 1. The Morgan fingerprint density at radius 2 is 1.95 bits per heavy atom. The van der Waals surface area contributed by atoms with Gasteiger partial charge in [0.1, 0.15) is 5.75 Å². The Morgan fingerprint density at radius 3 is 2.60 bits per heavy atom. The largest absolute Gasteiger partial charge is 0.496 e. The molecule has 0 fully saturated rings. The lowest BCUT2D eigenvalue weighted by Gasteiger charge is -2.21. The van der Waals surface area contributed by atoms with Gasteiger partial charge in [0.15, 0.2) is 0 Å². The van der Waals surface area contributed by atoms with Crippen LogP contribution in [-0.4, -0.2) is 7.11 Å². The van der Waals surface area contributed by atoms with Crippen molar-refractivity contribution in [1.29, 1.82) is 0 Å². The van der Waals surface area contributed by atoms with E-state index in [0.717, 1.165) is 26.9 Å². The number of hydrogen-bond donors (Lipinski definition) is 2. The second-order valence-corrected chi connectivity index (χ2v) is 5.80. The average molecular weight is 356 g/mol. The summed E-state index contributed by atoms with van der Waals surface area (Å²) in [6, 6.07) is 11.4. The van der Waals surface area contributed by atoms with Gasteiger partial charge in [0.05, 0.1) is 13.2 Å². The number of nitrogens with one attached hydrogen (secondary N) is 1. The van der Waals surface area contributed by atoms with Gasteiger partial charge in [-0.3, -0.25) is 5.84 Å². The van der Waals surface area contributed by atoms with Gasteiger partial charge in [-0.1, -0.05) is 45.2 Å². The van der Waals surface area contributed by atoms with Crippen LogP contribution in [0.15, 0.2) is 40.9 Å². The molecule has 2 aromatic rings. The highest BCUT2D eigenvalue weighted by atomic mass is 79.9. The maximum Gasteiger partial charge on any atom is 0.124 e. The molecule has 2 aromatic carbocycles. The van der Waals surface area contributed by atoms with E-state index < -0.39 is 0 Å². The molecule has 3 nitrogen and oxygen atoms in total. The minimum atomic E-state index is -0.210. The molecule has 1 atom stereocenters. The number of benzene rings is 2. The first-order chi connectivity index (χ1) is 9.56. The monoisotopic (exact) mass is 354 g/mol. The molecule has 0 amide bonds. The second-order valence-electron chi connectivity index (χ2n) is 4.51. The maximum absolute atomic E-state index is 6.10. The summed E-state index contributed by atoms with van der Waals surface area (Å²) in [6.07, 6.45) is 0. The number of hydrazine groups is 1. The SMILES string of the molecule is COc1ccc(Cl)cc1C(NN)c1cc(C)ccc1Br. The van der Waals surface area contributed by atoms with Gasteiger partial charge in [0, 0.05) is 15.1 Å². The summed E-state index contributed by atoms with van der Waals surface area (Å²) >= 11 is 9.66. The smallest absolute Gasteiger partial charge is 0.124 e. The quantitative estimate of drug-likeness (QED) is 0.644.